The molecule has 4 heteroatoms. The Balaban J connectivity index is 2.16. The highest BCUT2D eigenvalue weighted by Crippen LogP contribution is 2.21. The quantitative estimate of drug-likeness (QED) is 0.817. The van der Waals surface area contributed by atoms with E-state index in [2.05, 4.69) is 22.5 Å². The second-order valence-corrected chi connectivity index (χ2v) is 5.92. The molecular weight excluding hydrogens is 267 g/mol. The van der Waals surface area contributed by atoms with Gasteiger partial charge >= 0.3 is 0 Å². The van der Waals surface area contributed by atoms with Crippen molar-refractivity contribution in [3.8, 4) is 0 Å². The Morgan fingerprint density at radius 1 is 1.38 bits per heavy atom. The highest BCUT2D eigenvalue weighted by molar-refractivity contribution is 5.72. The first kappa shape index (κ1) is 15.9. The summed E-state index contributed by atoms with van der Waals surface area (Å²) < 4.78 is 13.9. The fraction of sp³-hybridized carbons (Fsp3) is 0.471. The minimum atomic E-state index is -1.05. The predicted octanol–water partition coefficient (Wildman–Crippen LogP) is 3.41. The number of pyridine rings is 1. The number of aliphatic hydroxyl groups is 1. The van der Waals surface area contributed by atoms with Crippen molar-refractivity contribution >= 4 is 5.57 Å². The van der Waals surface area contributed by atoms with Crippen LogP contribution in [0.1, 0.15) is 45.0 Å². The van der Waals surface area contributed by atoms with E-state index in [1.54, 1.807) is 13.0 Å². The molecule has 1 aliphatic carbocycles. The number of hydrogen-bond donors (Lipinski definition) is 2. The SMILES string of the molecule is CC(C)[C@@](C)(O)NCc1nc(C2=CCCC=C2)ccc1F. The van der Waals surface area contributed by atoms with E-state index in [1.165, 1.54) is 6.07 Å². The zero-order valence-electron chi connectivity index (χ0n) is 12.9. The molecule has 1 aromatic rings. The van der Waals surface area contributed by atoms with Crippen molar-refractivity contribution in [1.82, 2.24) is 10.3 Å². The Bertz CT molecular complexity index is 562. The second kappa shape index (κ2) is 6.50. The summed E-state index contributed by atoms with van der Waals surface area (Å²) in [7, 11) is 0. The maximum absolute atomic E-state index is 13.9. The Morgan fingerprint density at radius 3 is 2.76 bits per heavy atom. The molecule has 0 unspecified atom stereocenters. The van der Waals surface area contributed by atoms with Gasteiger partial charge in [-0.1, -0.05) is 32.1 Å². The number of nitrogens with one attached hydrogen (secondary N) is 1. The molecule has 1 atom stereocenters. The molecule has 0 spiro atoms. The second-order valence-electron chi connectivity index (χ2n) is 5.92. The molecule has 0 saturated carbocycles. The molecule has 0 aromatic carbocycles. The van der Waals surface area contributed by atoms with Crippen LogP contribution in [0.2, 0.25) is 0 Å². The third kappa shape index (κ3) is 3.99. The summed E-state index contributed by atoms with van der Waals surface area (Å²) in [6.07, 6.45) is 8.26. The van der Waals surface area contributed by atoms with E-state index in [9.17, 15) is 9.50 Å². The highest BCUT2D eigenvalue weighted by Gasteiger charge is 2.24. The van der Waals surface area contributed by atoms with Gasteiger partial charge in [-0.2, -0.15) is 0 Å². The number of rotatable bonds is 5. The van der Waals surface area contributed by atoms with Gasteiger partial charge < -0.3 is 5.11 Å². The van der Waals surface area contributed by atoms with E-state index in [4.69, 9.17) is 0 Å². The summed E-state index contributed by atoms with van der Waals surface area (Å²) in [4.78, 5) is 4.39. The monoisotopic (exact) mass is 290 g/mol. The van der Waals surface area contributed by atoms with Gasteiger partial charge in [0.15, 0.2) is 0 Å². The van der Waals surface area contributed by atoms with Gasteiger partial charge in [0, 0.05) is 6.54 Å². The van der Waals surface area contributed by atoms with Gasteiger partial charge in [0.25, 0.3) is 0 Å². The normalized spacial score (nSPS) is 17.7. The van der Waals surface area contributed by atoms with Gasteiger partial charge in [-0.3, -0.25) is 5.32 Å². The average Bonchev–Trinajstić information content (AvgIpc) is 2.47. The van der Waals surface area contributed by atoms with Gasteiger partial charge in [0.1, 0.15) is 11.5 Å². The lowest BCUT2D eigenvalue weighted by Crippen LogP contribution is -2.46. The molecule has 3 nitrogen and oxygen atoms in total. The molecule has 1 aromatic heterocycles. The summed E-state index contributed by atoms with van der Waals surface area (Å²) >= 11 is 0. The molecule has 0 fully saturated rings. The van der Waals surface area contributed by atoms with Crippen molar-refractivity contribution in [2.45, 2.75) is 45.9 Å². The van der Waals surface area contributed by atoms with Gasteiger partial charge in [-0.25, -0.2) is 9.37 Å². The van der Waals surface area contributed by atoms with Crippen LogP contribution >= 0.6 is 0 Å². The zero-order chi connectivity index (χ0) is 15.5. The molecule has 0 radical (unpaired) electrons. The van der Waals surface area contributed by atoms with E-state index in [0.717, 1.165) is 24.1 Å². The summed E-state index contributed by atoms with van der Waals surface area (Å²) in [5.74, 6) is -0.334. The maximum atomic E-state index is 13.9. The highest BCUT2D eigenvalue weighted by atomic mass is 19.1. The molecule has 21 heavy (non-hydrogen) atoms. The molecule has 0 aliphatic heterocycles. The van der Waals surface area contributed by atoms with Crippen molar-refractivity contribution in [2.75, 3.05) is 0 Å². The van der Waals surface area contributed by atoms with Gasteiger partial charge in [-0.15, -0.1) is 0 Å². The predicted molar refractivity (Wildman–Crippen MR) is 82.8 cm³/mol. The molecule has 1 heterocycles. The van der Waals surface area contributed by atoms with Crippen molar-refractivity contribution in [3.63, 3.8) is 0 Å². The van der Waals surface area contributed by atoms with Gasteiger partial charge in [0.2, 0.25) is 0 Å². The van der Waals surface area contributed by atoms with E-state index in [0.29, 0.717) is 5.69 Å². The van der Waals surface area contributed by atoms with Gasteiger partial charge in [0.05, 0.1) is 11.4 Å². The molecule has 2 rings (SSSR count). The fourth-order valence-electron chi connectivity index (χ4n) is 2.04. The standard InChI is InChI=1S/C17H23FN2O/c1-12(2)17(3,21)19-11-16-14(18)9-10-15(20-16)13-7-5-4-6-8-13/h5,7-10,12,19,21H,4,6,11H2,1-3H3/t17-/m1/s1. The van der Waals surface area contributed by atoms with E-state index in [-0.39, 0.29) is 18.3 Å². The molecule has 2 N–H and O–H groups in total. The number of allylic oxidation sites excluding steroid dienone is 4. The average molecular weight is 290 g/mol. The maximum Gasteiger partial charge on any atom is 0.146 e. The largest absolute Gasteiger partial charge is 0.376 e. The number of halogens is 1. The zero-order valence-corrected chi connectivity index (χ0v) is 12.9. The minimum Gasteiger partial charge on any atom is -0.376 e. The first-order valence-electron chi connectivity index (χ1n) is 7.40. The molecular formula is C17H23FN2O. The van der Waals surface area contributed by atoms with Crippen LogP contribution in [0.4, 0.5) is 4.39 Å². The van der Waals surface area contributed by atoms with Crippen LogP contribution < -0.4 is 5.32 Å². The Hall–Kier alpha value is -1.52. The van der Waals surface area contributed by atoms with Crippen molar-refractivity contribution in [1.29, 1.82) is 0 Å². The molecule has 114 valence electrons. The van der Waals surface area contributed by atoms with Crippen LogP contribution in [0.3, 0.4) is 0 Å². The van der Waals surface area contributed by atoms with Crippen LogP contribution in [0.15, 0.2) is 30.4 Å². The van der Waals surface area contributed by atoms with Crippen molar-refractivity contribution < 1.29 is 9.50 Å². The van der Waals surface area contributed by atoms with E-state index in [1.807, 2.05) is 19.9 Å². The summed E-state index contributed by atoms with van der Waals surface area (Å²) in [5, 5.41) is 13.1. The van der Waals surface area contributed by atoms with Crippen LogP contribution in [0, 0.1) is 11.7 Å². The fourth-order valence-corrected chi connectivity index (χ4v) is 2.04. The molecule has 0 bridgehead atoms. The van der Waals surface area contributed by atoms with E-state index < -0.39 is 5.72 Å². The Morgan fingerprint density at radius 2 is 2.14 bits per heavy atom. The smallest absolute Gasteiger partial charge is 0.146 e. The van der Waals surface area contributed by atoms with Crippen LogP contribution in [-0.4, -0.2) is 15.8 Å². The van der Waals surface area contributed by atoms with Crippen LogP contribution in [0.25, 0.3) is 5.57 Å². The summed E-state index contributed by atoms with van der Waals surface area (Å²) in [5.41, 5.74) is 1.08. The Kier molecular flexibility index (Phi) is 4.91. The topological polar surface area (TPSA) is 45.1 Å². The minimum absolute atomic E-state index is 0.0210. The van der Waals surface area contributed by atoms with Crippen LogP contribution in [0.5, 0.6) is 0 Å². The summed E-state index contributed by atoms with van der Waals surface area (Å²) in [6.45, 7) is 5.70. The first-order chi connectivity index (χ1) is 9.90. The lowest BCUT2D eigenvalue weighted by molar-refractivity contribution is -0.0219. The van der Waals surface area contributed by atoms with E-state index >= 15 is 0 Å². The molecule has 0 saturated heterocycles. The third-order valence-electron chi connectivity index (χ3n) is 3.95. The first-order valence-corrected chi connectivity index (χ1v) is 7.40. The summed E-state index contributed by atoms with van der Waals surface area (Å²) in [6, 6.07) is 3.13. The van der Waals surface area contributed by atoms with Crippen LogP contribution in [-0.2, 0) is 6.54 Å². The third-order valence-corrected chi connectivity index (χ3v) is 3.95. The lowest BCUT2D eigenvalue weighted by atomic mass is 10.0. The number of hydrogen-bond acceptors (Lipinski definition) is 3. The van der Waals surface area contributed by atoms with Crippen molar-refractivity contribution in [3.05, 3.63) is 47.6 Å². The molecule has 1 aliphatic rings. The number of nitrogens with zero attached hydrogens (tertiary/aromatic N) is 1. The van der Waals surface area contributed by atoms with Crippen molar-refractivity contribution in [2.24, 2.45) is 5.92 Å². The number of aromatic nitrogens is 1. The Labute approximate surface area is 125 Å². The lowest BCUT2D eigenvalue weighted by Gasteiger charge is -2.29. The van der Waals surface area contributed by atoms with Gasteiger partial charge in [-0.05, 0) is 43.4 Å². The molecule has 0 amide bonds.